The summed E-state index contributed by atoms with van der Waals surface area (Å²) in [6.07, 6.45) is 9.08. The van der Waals surface area contributed by atoms with Gasteiger partial charge in [-0.2, -0.15) is 0 Å². The second kappa shape index (κ2) is 10.5. The molecule has 5 aromatic carbocycles. The van der Waals surface area contributed by atoms with Gasteiger partial charge < -0.3 is 9.80 Å². The van der Waals surface area contributed by atoms with E-state index in [1.165, 1.54) is 61.8 Å². The smallest absolute Gasteiger partial charge is 0.0464 e. The first kappa shape index (κ1) is 26.1. The lowest BCUT2D eigenvalue weighted by Gasteiger charge is -2.29. The van der Waals surface area contributed by atoms with Crippen LogP contribution in [0, 0.1) is 0 Å². The Bertz CT molecular complexity index is 1810. The predicted molar refractivity (Wildman–Crippen MR) is 179 cm³/mol. The Morgan fingerprint density at radius 3 is 1.83 bits per heavy atom. The maximum atomic E-state index is 2.42. The number of nitrogens with zero attached hydrogens (tertiary/aromatic N) is 2. The fourth-order valence-corrected chi connectivity index (χ4v) is 6.52. The number of fused-ring (bicyclic) bond motifs is 3. The third-order valence-electron chi connectivity index (χ3n) is 8.88. The van der Waals surface area contributed by atoms with Gasteiger partial charge in [0.1, 0.15) is 0 Å². The van der Waals surface area contributed by atoms with Gasteiger partial charge >= 0.3 is 0 Å². The third kappa shape index (κ3) is 4.54. The van der Waals surface area contributed by atoms with Crippen LogP contribution >= 0.6 is 0 Å². The van der Waals surface area contributed by atoms with Crippen LogP contribution < -0.4 is 9.80 Å². The van der Waals surface area contributed by atoms with Crippen molar-refractivity contribution in [2.75, 3.05) is 16.8 Å². The first-order valence-electron chi connectivity index (χ1n) is 14.9. The number of hydrogen-bond donors (Lipinski definition) is 0. The normalized spacial score (nSPS) is 14.6. The highest BCUT2D eigenvalue weighted by Gasteiger charge is 2.36. The van der Waals surface area contributed by atoms with Crippen molar-refractivity contribution in [1.82, 2.24) is 0 Å². The predicted octanol–water partition coefficient (Wildman–Crippen LogP) is 10.8. The summed E-state index contributed by atoms with van der Waals surface area (Å²) in [4.78, 5) is 4.70. The van der Waals surface area contributed by atoms with Gasteiger partial charge in [0.25, 0.3) is 0 Å². The molecule has 7 rings (SSSR count). The maximum absolute atomic E-state index is 2.42. The van der Waals surface area contributed by atoms with Gasteiger partial charge in [-0.1, -0.05) is 98.8 Å². The molecule has 2 heteroatoms. The summed E-state index contributed by atoms with van der Waals surface area (Å²) in [5.74, 6) is 0. The van der Waals surface area contributed by atoms with E-state index in [1.54, 1.807) is 0 Å². The summed E-state index contributed by atoms with van der Waals surface area (Å²) in [6.45, 7) is 4.74. The van der Waals surface area contributed by atoms with E-state index >= 15 is 0 Å². The maximum Gasteiger partial charge on any atom is 0.0464 e. The molecule has 2 aliphatic carbocycles. The Kier molecular flexibility index (Phi) is 6.55. The molecular formula is C40H36N2. The lowest BCUT2D eigenvalue weighted by Crippen LogP contribution is -2.19. The van der Waals surface area contributed by atoms with Gasteiger partial charge in [0.05, 0.1) is 0 Å². The van der Waals surface area contributed by atoms with E-state index in [2.05, 4.69) is 170 Å². The van der Waals surface area contributed by atoms with E-state index in [0.29, 0.717) is 0 Å². The van der Waals surface area contributed by atoms with Gasteiger partial charge in [0, 0.05) is 40.9 Å². The Balaban J connectivity index is 1.25. The van der Waals surface area contributed by atoms with Gasteiger partial charge in [-0.25, -0.2) is 0 Å². The Labute approximate surface area is 249 Å². The molecular weight excluding hydrogens is 508 g/mol. The van der Waals surface area contributed by atoms with Crippen LogP contribution in [-0.2, 0) is 5.41 Å². The standard InChI is InChI=1S/C40H36N2/c1-40(2)38-27-34(41(3)33-21-13-16-30(26-33)29-14-7-4-8-15-29)22-24-36(38)37-25-23-35(28-39(37)40)42(31-17-9-5-10-18-31)32-19-11-6-12-20-32/h4-5,7-11,13-28H,6,12H2,1-3H3. The summed E-state index contributed by atoms with van der Waals surface area (Å²) < 4.78 is 0. The van der Waals surface area contributed by atoms with Crippen molar-refractivity contribution in [3.63, 3.8) is 0 Å². The van der Waals surface area contributed by atoms with Crippen LogP contribution in [0.15, 0.2) is 145 Å². The number of benzene rings is 5. The SMILES string of the molecule is CN(c1cccc(-c2ccccc2)c1)c1ccc2c(c1)C(C)(C)c1cc(N(C3=CCCC=C3)c3ccccc3)ccc1-2. The summed E-state index contributed by atoms with van der Waals surface area (Å²) in [5.41, 5.74) is 13.8. The molecule has 0 unspecified atom stereocenters. The van der Waals surface area contributed by atoms with E-state index in [-0.39, 0.29) is 5.41 Å². The summed E-state index contributed by atoms with van der Waals surface area (Å²) in [5, 5.41) is 0. The molecule has 0 atom stereocenters. The highest BCUT2D eigenvalue weighted by Crippen LogP contribution is 2.51. The Morgan fingerprint density at radius 1 is 0.548 bits per heavy atom. The fourth-order valence-electron chi connectivity index (χ4n) is 6.52. The minimum Gasteiger partial charge on any atom is -0.345 e. The second-order valence-electron chi connectivity index (χ2n) is 11.8. The quantitative estimate of drug-likeness (QED) is 0.210. The van der Waals surface area contributed by atoms with Crippen molar-refractivity contribution < 1.29 is 0 Å². The Hall–Kier alpha value is -4.82. The van der Waals surface area contributed by atoms with Crippen molar-refractivity contribution in [3.8, 4) is 22.3 Å². The van der Waals surface area contributed by atoms with E-state index in [0.717, 1.165) is 12.8 Å². The lowest BCUT2D eigenvalue weighted by atomic mass is 9.82. The van der Waals surface area contributed by atoms with Crippen molar-refractivity contribution >= 4 is 22.7 Å². The van der Waals surface area contributed by atoms with Gasteiger partial charge in [-0.05, 0) is 101 Å². The lowest BCUT2D eigenvalue weighted by molar-refractivity contribution is 0.660. The van der Waals surface area contributed by atoms with Crippen molar-refractivity contribution in [3.05, 3.63) is 156 Å². The molecule has 0 spiro atoms. The van der Waals surface area contributed by atoms with Crippen molar-refractivity contribution in [1.29, 1.82) is 0 Å². The molecule has 5 aromatic rings. The highest BCUT2D eigenvalue weighted by atomic mass is 15.1. The third-order valence-corrected chi connectivity index (χ3v) is 8.88. The number of anilines is 4. The molecule has 0 N–H and O–H groups in total. The number of para-hydroxylation sites is 1. The molecule has 0 saturated carbocycles. The monoisotopic (exact) mass is 544 g/mol. The van der Waals surface area contributed by atoms with Crippen molar-refractivity contribution in [2.45, 2.75) is 32.1 Å². The molecule has 2 nitrogen and oxygen atoms in total. The van der Waals surface area contributed by atoms with Crippen LogP contribution in [-0.4, -0.2) is 7.05 Å². The summed E-state index contributed by atoms with van der Waals surface area (Å²) in [6, 6.07) is 44.1. The van der Waals surface area contributed by atoms with Gasteiger partial charge in [0.2, 0.25) is 0 Å². The molecule has 0 saturated heterocycles. The molecule has 42 heavy (non-hydrogen) atoms. The molecule has 0 fully saturated rings. The largest absolute Gasteiger partial charge is 0.345 e. The zero-order chi connectivity index (χ0) is 28.7. The molecule has 2 aliphatic rings. The first-order chi connectivity index (χ1) is 20.5. The zero-order valence-electron chi connectivity index (χ0n) is 24.6. The van der Waals surface area contributed by atoms with Gasteiger partial charge in [-0.3, -0.25) is 0 Å². The average Bonchev–Trinajstić information content (AvgIpc) is 3.27. The van der Waals surface area contributed by atoms with Crippen LogP contribution in [0.4, 0.5) is 22.7 Å². The number of allylic oxidation sites excluding steroid dienone is 3. The minimum absolute atomic E-state index is 0.122. The minimum atomic E-state index is -0.122. The molecule has 0 bridgehead atoms. The molecule has 0 amide bonds. The summed E-state index contributed by atoms with van der Waals surface area (Å²) >= 11 is 0. The van der Waals surface area contributed by atoms with E-state index < -0.39 is 0 Å². The van der Waals surface area contributed by atoms with Crippen LogP contribution in [0.25, 0.3) is 22.3 Å². The van der Waals surface area contributed by atoms with E-state index in [9.17, 15) is 0 Å². The number of hydrogen-bond acceptors (Lipinski definition) is 2. The number of rotatable bonds is 6. The zero-order valence-corrected chi connectivity index (χ0v) is 24.6. The molecule has 0 aliphatic heterocycles. The molecule has 0 heterocycles. The fraction of sp³-hybridized carbons (Fsp3) is 0.150. The topological polar surface area (TPSA) is 6.48 Å². The molecule has 0 aromatic heterocycles. The second-order valence-corrected chi connectivity index (χ2v) is 11.8. The summed E-state index contributed by atoms with van der Waals surface area (Å²) in [7, 11) is 2.17. The Morgan fingerprint density at radius 2 is 1.14 bits per heavy atom. The van der Waals surface area contributed by atoms with E-state index in [4.69, 9.17) is 0 Å². The van der Waals surface area contributed by atoms with E-state index in [1.807, 2.05) is 0 Å². The molecule has 0 radical (unpaired) electrons. The average molecular weight is 545 g/mol. The van der Waals surface area contributed by atoms with Crippen molar-refractivity contribution in [2.24, 2.45) is 0 Å². The van der Waals surface area contributed by atoms with Crippen LogP contribution in [0.3, 0.4) is 0 Å². The van der Waals surface area contributed by atoms with Crippen LogP contribution in [0.1, 0.15) is 37.8 Å². The van der Waals surface area contributed by atoms with Crippen LogP contribution in [0.2, 0.25) is 0 Å². The van der Waals surface area contributed by atoms with Gasteiger partial charge in [-0.15, -0.1) is 0 Å². The van der Waals surface area contributed by atoms with Crippen LogP contribution in [0.5, 0.6) is 0 Å². The highest BCUT2D eigenvalue weighted by molar-refractivity contribution is 5.86. The first-order valence-corrected chi connectivity index (χ1v) is 14.9. The molecule has 206 valence electrons. The van der Waals surface area contributed by atoms with Gasteiger partial charge in [0.15, 0.2) is 0 Å².